The first-order valence-corrected chi connectivity index (χ1v) is 9.11. The monoisotopic (exact) mass is 430 g/mol. The predicted molar refractivity (Wildman–Crippen MR) is 104 cm³/mol. The number of methoxy groups -OCH3 is 1. The minimum absolute atomic E-state index is 0.156. The van der Waals surface area contributed by atoms with Gasteiger partial charge in [-0.3, -0.25) is 0 Å². The maximum atomic E-state index is 12.8. The lowest BCUT2D eigenvalue weighted by Gasteiger charge is -2.28. The summed E-state index contributed by atoms with van der Waals surface area (Å²) < 4.78 is 11.4. The first kappa shape index (κ1) is 19.0. The summed E-state index contributed by atoms with van der Waals surface area (Å²) in [7, 11) is 1.57. The fourth-order valence-corrected chi connectivity index (χ4v) is 3.44. The van der Waals surface area contributed by atoms with E-state index in [-0.39, 0.29) is 12.6 Å². The van der Waals surface area contributed by atoms with Gasteiger partial charge in [0, 0.05) is 5.70 Å². The second-order valence-electron chi connectivity index (χ2n) is 6.03. The number of halogens is 1. The van der Waals surface area contributed by atoms with Crippen molar-refractivity contribution in [3.63, 3.8) is 0 Å². The van der Waals surface area contributed by atoms with Crippen molar-refractivity contribution in [1.29, 1.82) is 0 Å². The zero-order chi connectivity index (χ0) is 19.4. The van der Waals surface area contributed by atoms with Crippen LogP contribution in [0.2, 0.25) is 0 Å². The second kappa shape index (κ2) is 8.26. The molecule has 1 atom stereocenters. The van der Waals surface area contributed by atoms with E-state index in [9.17, 15) is 9.59 Å². The van der Waals surface area contributed by atoms with Crippen molar-refractivity contribution in [2.24, 2.45) is 0 Å². The largest absolute Gasteiger partial charge is 0.496 e. The Morgan fingerprint density at radius 2 is 1.93 bits per heavy atom. The smallest absolute Gasteiger partial charge is 0.338 e. The topological polar surface area (TPSA) is 76.7 Å². The number of carbonyl (C=O) groups excluding carboxylic acids is 2. The van der Waals surface area contributed by atoms with Crippen molar-refractivity contribution in [3.8, 4) is 5.75 Å². The molecule has 0 aromatic heterocycles. The molecule has 0 aliphatic carbocycles. The zero-order valence-corrected chi connectivity index (χ0v) is 16.5. The average molecular weight is 431 g/mol. The molecule has 0 saturated heterocycles. The van der Waals surface area contributed by atoms with E-state index in [0.717, 1.165) is 15.6 Å². The van der Waals surface area contributed by atoms with E-state index in [0.29, 0.717) is 17.0 Å². The van der Waals surface area contributed by atoms with Crippen molar-refractivity contribution < 1.29 is 19.1 Å². The number of hydrogen-bond acceptors (Lipinski definition) is 4. The Labute approximate surface area is 165 Å². The average Bonchev–Trinajstić information content (AvgIpc) is 2.66. The van der Waals surface area contributed by atoms with Crippen LogP contribution in [0.5, 0.6) is 5.75 Å². The van der Waals surface area contributed by atoms with Crippen molar-refractivity contribution >= 4 is 27.9 Å². The van der Waals surface area contributed by atoms with Crippen LogP contribution >= 0.6 is 15.9 Å². The number of ether oxygens (including phenoxy) is 2. The Morgan fingerprint density at radius 3 is 2.59 bits per heavy atom. The molecule has 0 bridgehead atoms. The Morgan fingerprint density at radius 1 is 1.19 bits per heavy atom. The molecule has 0 unspecified atom stereocenters. The van der Waals surface area contributed by atoms with Crippen molar-refractivity contribution in [2.45, 2.75) is 19.6 Å². The number of urea groups is 1. The molecule has 0 fully saturated rings. The summed E-state index contributed by atoms with van der Waals surface area (Å²) in [6.45, 7) is 1.84. The van der Waals surface area contributed by atoms with Crippen LogP contribution in [0.25, 0.3) is 0 Å². The fourth-order valence-electron chi connectivity index (χ4n) is 2.88. The molecule has 7 heteroatoms. The number of hydrogen-bond donors (Lipinski definition) is 2. The van der Waals surface area contributed by atoms with Crippen LogP contribution in [0.4, 0.5) is 4.79 Å². The summed E-state index contributed by atoms with van der Waals surface area (Å²) >= 11 is 3.44. The van der Waals surface area contributed by atoms with E-state index < -0.39 is 12.0 Å². The fraction of sp³-hybridized carbons (Fsp3) is 0.200. The van der Waals surface area contributed by atoms with Crippen LogP contribution in [0, 0.1) is 0 Å². The molecule has 1 aliphatic rings. The maximum Gasteiger partial charge on any atom is 0.338 e. The summed E-state index contributed by atoms with van der Waals surface area (Å²) in [5.41, 5.74) is 2.46. The summed E-state index contributed by atoms with van der Waals surface area (Å²) in [5, 5.41) is 5.42. The van der Waals surface area contributed by atoms with Crippen molar-refractivity contribution in [3.05, 3.63) is 75.4 Å². The van der Waals surface area contributed by atoms with Gasteiger partial charge in [0.05, 0.1) is 23.2 Å². The Balaban J connectivity index is 1.87. The van der Waals surface area contributed by atoms with Crippen LogP contribution in [-0.4, -0.2) is 19.1 Å². The number of esters is 1. The van der Waals surface area contributed by atoms with Gasteiger partial charge in [0.2, 0.25) is 0 Å². The van der Waals surface area contributed by atoms with Gasteiger partial charge in [-0.25, -0.2) is 9.59 Å². The maximum absolute atomic E-state index is 12.8. The summed E-state index contributed by atoms with van der Waals surface area (Å²) in [6.07, 6.45) is 0. The van der Waals surface area contributed by atoms with E-state index in [1.165, 1.54) is 0 Å². The van der Waals surface area contributed by atoms with Gasteiger partial charge in [-0.15, -0.1) is 0 Å². The quantitative estimate of drug-likeness (QED) is 0.706. The molecule has 27 heavy (non-hydrogen) atoms. The molecule has 2 amide bonds. The van der Waals surface area contributed by atoms with E-state index in [1.807, 2.05) is 36.4 Å². The third-order valence-corrected chi connectivity index (χ3v) is 4.83. The standard InChI is InChI=1S/C20H19BrN2O4/c1-12-17(19(24)27-11-13-6-4-3-5-7-13)18(23-20(25)22-12)14-8-9-16(26-2)15(21)10-14/h3-10,18H,11H2,1-2H3,(H2,22,23,25)/t18-/m1/s1. The van der Waals surface area contributed by atoms with Crippen LogP contribution in [0.1, 0.15) is 24.1 Å². The number of allylic oxidation sites excluding steroid dienone is 1. The summed E-state index contributed by atoms with van der Waals surface area (Å²) in [4.78, 5) is 24.7. The van der Waals surface area contributed by atoms with E-state index in [1.54, 1.807) is 26.2 Å². The molecule has 2 aromatic rings. The Hall–Kier alpha value is -2.80. The molecular formula is C20H19BrN2O4. The first-order valence-electron chi connectivity index (χ1n) is 8.32. The van der Waals surface area contributed by atoms with Gasteiger partial charge < -0.3 is 20.1 Å². The third kappa shape index (κ3) is 4.31. The molecule has 140 valence electrons. The highest BCUT2D eigenvalue weighted by atomic mass is 79.9. The van der Waals surface area contributed by atoms with Crippen molar-refractivity contribution in [2.75, 3.05) is 7.11 Å². The molecule has 1 heterocycles. The van der Waals surface area contributed by atoms with Crippen LogP contribution in [-0.2, 0) is 16.1 Å². The first-order chi connectivity index (χ1) is 13.0. The molecule has 0 radical (unpaired) electrons. The number of benzene rings is 2. The Bertz CT molecular complexity index is 896. The van der Waals surface area contributed by atoms with E-state index in [2.05, 4.69) is 26.6 Å². The highest BCUT2D eigenvalue weighted by Crippen LogP contribution is 2.33. The number of nitrogens with one attached hydrogen (secondary N) is 2. The molecule has 0 saturated carbocycles. The molecule has 0 spiro atoms. The van der Waals surface area contributed by atoms with Crippen LogP contribution < -0.4 is 15.4 Å². The van der Waals surface area contributed by atoms with Crippen LogP contribution in [0.15, 0.2) is 64.3 Å². The third-order valence-electron chi connectivity index (χ3n) is 4.21. The second-order valence-corrected chi connectivity index (χ2v) is 6.88. The minimum Gasteiger partial charge on any atom is -0.496 e. The predicted octanol–water partition coefficient (Wildman–Crippen LogP) is 3.83. The highest BCUT2D eigenvalue weighted by molar-refractivity contribution is 9.10. The lowest BCUT2D eigenvalue weighted by molar-refractivity contribution is -0.140. The summed E-state index contributed by atoms with van der Waals surface area (Å²) in [5.74, 6) is 0.175. The van der Waals surface area contributed by atoms with Crippen molar-refractivity contribution in [1.82, 2.24) is 10.6 Å². The van der Waals surface area contributed by atoms with Gasteiger partial charge in [-0.2, -0.15) is 0 Å². The zero-order valence-electron chi connectivity index (χ0n) is 14.9. The summed E-state index contributed by atoms with van der Waals surface area (Å²) in [6, 6.07) is 13.8. The van der Waals surface area contributed by atoms with Gasteiger partial charge in [0.25, 0.3) is 0 Å². The highest BCUT2D eigenvalue weighted by Gasteiger charge is 2.32. The number of carbonyl (C=O) groups is 2. The van der Waals surface area contributed by atoms with Gasteiger partial charge >= 0.3 is 12.0 Å². The van der Waals surface area contributed by atoms with Gasteiger partial charge in [0.1, 0.15) is 12.4 Å². The van der Waals surface area contributed by atoms with E-state index in [4.69, 9.17) is 9.47 Å². The molecule has 6 nitrogen and oxygen atoms in total. The molecule has 1 aliphatic heterocycles. The molecular weight excluding hydrogens is 412 g/mol. The number of rotatable bonds is 5. The molecule has 3 rings (SSSR count). The lowest BCUT2D eigenvalue weighted by Crippen LogP contribution is -2.45. The van der Waals surface area contributed by atoms with Gasteiger partial charge in [-0.05, 0) is 46.1 Å². The Kier molecular flexibility index (Phi) is 5.81. The van der Waals surface area contributed by atoms with Crippen LogP contribution in [0.3, 0.4) is 0 Å². The van der Waals surface area contributed by atoms with Gasteiger partial charge in [0.15, 0.2) is 0 Å². The SMILES string of the molecule is COc1ccc([C@H]2NC(=O)NC(C)=C2C(=O)OCc2ccccc2)cc1Br. The van der Waals surface area contributed by atoms with Gasteiger partial charge in [-0.1, -0.05) is 36.4 Å². The molecule has 2 N–H and O–H groups in total. The van der Waals surface area contributed by atoms with E-state index >= 15 is 0 Å². The molecule has 2 aromatic carbocycles. The lowest BCUT2D eigenvalue weighted by atomic mass is 9.95. The minimum atomic E-state index is -0.621. The normalized spacial score (nSPS) is 16.4. The number of amides is 2.